The summed E-state index contributed by atoms with van der Waals surface area (Å²) in [5, 5.41) is 13.5. The molecule has 5 heteroatoms. The van der Waals surface area contributed by atoms with Crippen LogP contribution in [-0.2, 0) is 17.8 Å². The van der Waals surface area contributed by atoms with Gasteiger partial charge in [0.15, 0.2) is 6.61 Å². The largest absolute Gasteiger partial charge is 0.482 e. The molecule has 0 saturated carbocycles. The van der Waals surface area contributed by atoms with Crippen molar-refractivity contribution in [2.45, 2.75) is 25.3 Å². The predicted molar refractivity (Wildman–Crippen MR) is 124 cm³/mol. The van der Waals surface area contributed by atoms with Gasteiger partial charge in [0.25, 0.3) is 0 Å². The highest BCUT2D eigenvalue weighted by molar-refractivity contribution is 5.68. The number of carboxylic acid groups (broad SMARTS) is 1. The minimum atomic E-state index is -0.977. The summed E-state index contributed by atoms with van der Waals surface area (Å²) in [6, 6.07) is 28.6. The Morgan fingerprint density at radius 2 is 1.50 bits per heavy atom. The first kappa shape index (κ1) is 21.4. The van der Waals surface area contributed by atoms with E-state index >= 15 is 0 Å². The third-order valence-corrected chi connectivity index (χ3v) is 5.41. The zero-order chi connectivity index (χ0) is 22.2. The van der Waals surface area contributed by atoms with Gasteiger partial charge in [0.05, 0.1) is 6.20 Å². The summed E-state index contributed by atoms with van der Waals surface area (Å²) in [6.07, 6.45) is 5.73. The summed E-state index contributed by atoms with van der Waals surface area (Å²) < 4.78 is 7.39. The van der Waals surface area contributed by atoms with Crippen LogP contribution in [0, 0.1) is 0 Å². The standard InChI is InChI=1S/C27H26N2O3/c30-26(31)20-32-25-16-8-7-10-21(25)15-9-17-29-19-24(18-28-29)27(22-11-3-1-4-12-22)23-13-5-2-6-14-23/h1-8,10-14,16,18-19,27H,9,15,17,20H2,(H,30,31). The van der Waals surface area contributed by atoms with Crippen molar-refractivity contribution in [3.63, 3.8) is 0 Å². The Bertz CT molecular complexity index is 1100. The molecule has 3 aromatic carbocycles. The second kappa shape index (κ2) is 10.4. The van der Waals surface area contributed by atoms with Gasteiger partial charge in [0.2, 0.25) is 0 Å². The zero-order valence-corrected chi connectivity index (χ0v) is 17.8. The number of aliphatic carboxylic acids is 1. The smallest absolute Gasteiger partial charge is 0.341 e. The van der Waals surface area contributed by atoms with Crippen LogP contribution in [0.2, 0.25) is 0 Å². The van der Waals surface area contributed by atoms with Gasteiger partial charge in [-0.3, -0.25) is 4.68 Å². The molecule has 0 unspecified atom stereocenters. The number of carbonyl (C=O) groups is 1. The highest BCUT2D eigenvalue weighted by Crippen LogP contribution is 2.31. The molecule has 0 saturated heterocycles. The highest BCUT2D eigenvalue weighted by atomic mass is 16.5. The van der Waals surface area contributed by atoms with E-state index in [9.17, 15) is 4.79 Å². The van der Waals surface area contributed by atoms with Crippen LogP contribution in [0.15, 0.2) is 97.3 Å². The molecule has 32 heavy (non-hydrogen) atoms. The predicted octanol–water partition coefficient (Wildman–Crippen LogP) is 5.16. The number of aryl methyl sites for hydroxylation is 2. The van der Waals surface area contributed by atoms with E-state index in [-0.39, 0.29) is 12.5 Å². The number of hydrogen-bond acceptors (Lipinski definition) is 3. The maximum atomic E-state index is 10.8. The van der Waals surface area contributed by atoms with Crippen LogP contribution >= 0.6 is 0 Å². The summed E-state index contributed by atoms with van der Waals surface area (Å²) >= 11 is 0. The van der Waals surface area contributed by atoms with Crippen LogP contribution in [-0.4, -0.2) is 27.5 Å². The van der Waals surface area contributed by atoms with Crippen molar-refractivity contribution in [1.29, 1.82) is 0 Å². The number of para-hydroxylation sites is 1. The molecule has 0 atom stereocenters. The van der Waals surface area contributed by atoms with Crippen LogP contribution in [0.3, 0.4) is 0 Å². The van der Waals surface area contributed by atoms with Gasteiger partial charge < -0.3 is 9.84 Å². The lowest BCUT2D eigenvalue weighted by molar-refractivity contribution is -0.139. The number of benzene rings is 3. The molecule has 1 N–H and O–H groups in total. The van der Waals surface area contributed by atoms with Gasteiger partial charge in [0.1, 0.15) is 5.75 Å². The molecule has 0 spiro atoms. The topological polar surface area (TPSA) is 64.3 Å². The van der Waals surface area contributed by atoms with Crippen molar-refractivity contribution in [3.8, 4) is 5.75 Å². The number of carboxylic acids is 1. The maximum Gasteiger partial charge on any atom is 0.341 e. The third-order valence-electron chi connectivity index (χ3n) is 5.41. The van der Waals surface area contributed by atoms with Crippen molar-refractivity contribution in [3.05, 3.63) is 120 Å². The fourth-order valence-electron chi connectivity index (χ4n) is 3.94. The molecule has 0 aliphatic rings. The summed E-state index contributed by atoms with van der Waals surface area (Å²) in [7, 11) is 0. The Balaban J connectivity index is 1.45. The Hall–Kier alpha value is -3.86. The highest BCUT2D eigenvalue weighted by Gasteiger charge is 2.18. The van der Waals surface area contributed by atoms with Gasteiger partial charge in [-0.25, -0.2) is 4.79 Å². The van der Waals surface area contributed by atoms with Crippen LogP contribution in [0.25, 0.3) is 0 Å². The molecule has 4 rings (SSSR count). The fraction of sp³-hybridized carbons (Fsp3) is 0.185. The minimum absolute atomic E-state index is 0.135. The summed E-state index contributed by atoms with van der Waals surface area (Å²) in [5.41, 5.74) is 4.64. The van der Waals surface area contributed by atoms with E-state index in [0.717, 1.165) is 30.5 Å². The lowest BCUT2D eigenvalue weighted by Gasteiger charge is -2.16. The van der Waals surface area contributed by atoms with E-state index in [0.29, 0.717) is 5.75 Å². The Morgan fingerprint density at radius 3 is 2.16 bits per heavy atom. The molecular weight excluding hydrogens is 400 g/mol. The summed E-state index contributed by atoms with van der Waals surface area (Å²) in [4.78, 5) is 10.8. The van der Waals surface area contributed by atoms with Crippen LogP contribution in [0.4, 0.5) is 0 Å². The SMILES string of the molecule is O=C(O)COc1ccccc1CCCn1cc(C(c2ccccc2)c2ccccc2)cn1. The fourth-order valence-corrected chi connectivity index (χ4v) is 3.94. The van der Waals surface area contributed by atoms with Crippen molar-refractivity contribution in [1.82, 2.24) is 9.78 Å². The molecule has 0 fully saturated rings. The number of nitrogens with zero attached hydrogens (tertiary/aromatic N) is 2. The Labute approximate surface area is 187 Å². The number of ether oxygens (including phenoxy) is 1. The molecule has 0 aliphatic carbocycles. The average molecular weight is 427 g/mol. The Kier molecular flexibility index (Phi) is 6.98. The van der Waals surface area contributed by atoms with Crippen molar-refractivity contribution >= 4 is 5.97 Å². The molecule has 4 aromatic rings. The van der Waals surface area contributed by atoms with Gasteiger partial charge in [-0.05, 0) is 35.6 Å². The summed E-state index contributed by atoms with van der Waals surface area (Å²) in [6.45, 7) is 0.434. The van der Waals surface area contributed by atoms with Crippen LogP contribution < -0.4 is 4.74 Å². The molecule has 0 radical (unpaired) electrons. The van der Waals surface area contributed by atoms with E-state index in [4.69, 9.17) is 9.84 Å². The quantitative estimate of drug-likeness (QED) is 0.380. The molecule has 0 amide bonds. The normalized spacial score (nSPS) is 10.9. The van der Waals surface area contributed by atoms with Gasteiger partial charge >= 0.3 is 5.97 Å². The first-order valence-corrected chi connectivity index (χ1v) is 10.8. The first-order chi connectivity index (χ1) is 15.7. The van der Waals surface area contributed by atoms with E-state index in [1.165, 1.54) is 11.1 Å². The molecule has 162 valence electrons. The maximum absolute atomic E-state index is 10.8. The lowest BCUT2D eigenvalue weighted by Crippen LogP contribution is -2.10. The first-order valence-electron chi connectivity index (χ1n) is 10.8. The van der Waals surface area contributed by atoms with Crippen molar-refractivity contribution in [2.24, 2.45) is 0 Å². The molecule has 1 heterocycles. The number of hydrogen-bond donors (Lipinski definition) is 1. The molecule has 5 nitrogen and oxygen atoms in total. The van der Waals surface area contributed by atoms with Gasteiger partial charge in [-0.15, -0.1) is 0 Å². The molecular formula is C27H26N2O3. The van der Waals surface area contributed by atoms with Crippen LogP contribution in [0.5, 0.6) is 5.75 Å². The van der Waals surface area contributed by atoms with Gasteiger partial charge in [-0.1, -0.05) is 78.9 Å². The third kappa shape index (κ3) is 5.43. The monoisotopic (exact) mass is 426 g/mol. The van der Waals surface area contributed by atoms with E-state index in [2.05, 4.69) is 59.8 Å². The second-order valence-electron chi connectivity index (χ2n) is 7.68. The second-order valence-corrected chi connectivity index (χ2v) is 7.68. The van der Waals surface area contributed by atoms with Crippen molar-refractivity contribution in [2.75, 3.05) is 6.61 Å². The lowest BCUT2D eigenvalue weighted by atomic mass is 9.87. The van der Waals surface area contributed by atoms with Crippen LogP contribution in [0.1, 0.15) is 34.6 Å². The number of aromatic nitrogens is 2. The average Bonchev–Trinajstić information content (AvgIpc) is 3.28. The molecule has 0 bridgehead atoms. The van der Waals surface area contributed by atoms with E-state index < -0.39 is 5.97 Å². The minimum Gasteiger partial charge on any atom is -0.482 e. The van der Waals surface area contributed by atoms with Crippen molar-refractivity contribution < 1.29 is 14.6 Å². The molecule has 0 aliphatic heterocycles. The van der Waals surface area contributed by atoms with E-state index in [1.807, 2.05) is 47.3 Å². The van der Waals surface area contributed by atoms with Gasteiger partial charge in [0, 0.05) is 24.2 Å². The van der Waals surface area contributed by atoms with Gasteiger partial charge in [-0.2, -0.15) is 5.10 Å². The molecule has 1 aromatic heterocycles. The van der Waals surface area contributed by atoms with E-state index in [1.54, 1.807) is 0 Å². The summed E-state index contributed by atoms with van der Waals surface area (Å²) in [5.74, 6) is -0.212. The number of rotatable bonds is 10. The zero-order valence-electron chi connectivity index (χ0n) is 17.8. The Morgan fingerprint density at radius 1 is 0.875 bits per heavy atom.